The van der Waals surface area contributed by atoms with Gasteiger partial charge < -0.3 is 9.42 Å². The lowest BCUT2D eigenvalue weighted by Gasteiger charge is -2.26. The molecule has 1 amide bonds. The van der Waals surface area contributed by atoms with Crippen molar-refractivity contribution >= 4 is 29.3 Å². The van der Waals surface area contributed by atoms with Crippen LogP contribution in [0.25, 0.3) is 11.3 Å². The van der Waals surface area contributed by atoms with E-state index in [9.17, 15) is 4.79 Å². The Bertz CT molecular complexity index is 651. The average molecular weight is 351 g/mol. The number of rotatable bonds is 5. The molecule has 4 nitrogen and oxygen atoms in total. The first-order valence-corrected chi connectivity index (χ1v) is 9.33. The van der Waals surface area contributed by atoms with Crippen LogP contribution in [0.1, 0.15) is 25.0 Å². The Morgan fingerprint density at radius 3 is 2.70 bits per heavy atom. The number of carbonyl (C=O) groups excluding carboxylic acids is 1. The molecular formula is C17H19ClN2O2S. The fourth-order valence-electron chi connectivity index (χ4n) is 2.61. The van der Waals surface area contributed by atoms with E-state index in [1.54, 1.807) is 11.8 Å². The lowest BCUT2D eigenvalue weighted by atomic mass is 10.1. The molecule has 0 saturated carbocycles. The Morgan fingerprint density at radius 2 is 1.96 bits per heavy atom. The predicted molar refractivity (Wildman–Crippen MR) is 93.5 cm³/mol. The molecule has 0 N–H and O–H groups in total. The van der Waals surface area contributed by atoms with Crippen LogP contribution in [0.5, 0.6) is 0 Å². The molecule has 1 aliphatic rings. The zero-order chi connectivity index (χ0) is 16.1. The summed E-state index contributed by atoms with van der Waals surface area (Å²) in [6.07, 6.45) is 3.49. The molecule has 0 bridgehead atoms. The molecule has 2 aromatic rings. The number of thioether (sulfide) groups is 1. The van der Waals surface area contributed by atoms with Gasteiger partial charge in [-0.2, -0.15) is 0 Å². The molecule has 23 heavy (non-hydrogen) atoms. The van der Waals surface area contributed by atoms with Crippen molar-refractivity contribution in [1.82, 2.24) is 10.1 Å². The first-order valence-electron chi connectivity index (χ1n) is 7.79. The largest absolute Gasteiger partial charge is 0.360 e. The van der Waals surface area contributed by atoms with Crippen LogP contribution in [0.4, 0.5) is 0 Å². The van der Waals surface area contributed by atoms with Gasteiger partial charge in [-0.15, -0.1) is 11.8 Å². The van der Waals surface area contributed by atoms with E-state index in [0.717, 1.165) is 42.9 Å². The van der Waals surface area contributed by atoms with Crippen molar-refractivity contribution in [2.75, 3.05) is 18.8 Å². The van der Waals surface area contributed by atoms with E-state index in [1.165, 1.54) is 6.42 Å². The first-order chi connectivity index (χ1) is 11.2. The second kappa shape index (κ2) is 7.88. The van der Waals surface area contributed by atoms with Crippen LogP contribution in [0.2, 0.25) is 5.02 Å². The Morgan fingerprint density at radius 1 is 1.22 bits per heavy atom. The van der Waals surface area contributed by atoms with Gasteiger partial charge in [0.05, 0.1) is 11.5 Å². The summed E-state index contributed by atoms with van der Waals surface area (Å²) in [5.41, 5.74) is 1.76. The number of hydrogen-bond acceptors (Lipinski definition) is 4. The fourth-order valence-corrected chi connectivity index (χ4v) is 3.53. The van der Waals surface area contributed by atoms with Crippen molar-refractivity contribution in [2.24, 2.45) is 0 Å². The van der Waals surface area contributed by atoms with Gasteiger partial charge in [0.25, 0.3) is 0 Å². The highest BCUT2D eigenvalue weighted by Gasteiger charge is 2.16. The van der Waals surface area contributed by atoms with Gasteiger partial charge in [-0.05, 0) is 31.4 Å². The molecule has 1 fully saturated rings. The third kappa shape index (κ3) is 4.52. The van der Waals surface area contributed by atoms with E-state index in [2.05, 4.69) is 5.16 Å². The van der Waals surface area contributed by atoms with Crippen LogP contribution in [-0.4, -0.2) is 34.8 Å². The van der Waals surface area contributed by atoms with E-state index in [1.807, 2.05) is 35.2 Å². The highest BCUT2D eigenvalue weighted by Crippen LogP contribution is 2.23. The summed E-state index contributed by atoms with van der Waals surface area (Å²) in [5.74, 6) is 2.16. The highest BCUT2D eigenvalue weighted by molar-refractivity contribution is 7.99. The summed E-state index contributed by atoms with van der Waals surface area (Å²) >= 11 is 7.46. The minimum Gasteiger partial charge on any atom is -0.360 e. The summed E-state index contributed by atoms with van der Waals surface area (Å²) in [4.78, 5) is 14.1. The lowest BCUT2D eigenvalue weighted by molar-refractivity contribution is -0.129. The Balaban J connectivity index is 1.49. The van der Waals surface area contributed by atoms with Gasteiger partial charge in [-0.3, -0.25) is 4.79 Å². The number of benzene rings is 1. The van der Waals surface area contributed by atoms with Crippen molar-refractivity contribution in [1.29, 1.82) is 0 Å². The van der Waals surface area contributed by atoms with Gasteiger partial charge >= 0.3 is 0 Å². The van der Waals surface area contributed by atoms with Crippen LogP contribution < -0.4 is 0 Å². The monoisotopic (exact) mass is 350 g/mol. The molecule has 3 rings (SSSR count). The minimum absolute atomic E-state index is 0.229. The zero-order valence-corrected chi connectivity index (χ0v) is 14.4. The third-order valence-corrected chi connectivity index (χ3v) is 5.07. The van der Waals surface area contributed by atoms with Crippen molar-refractivity contribution < 1.29 is 9.32 Å². The molecule has 6 heteroatoms. The summed E-state index contributed by atoms with van der Waals surface area (Å²) in [5, 5.41) is 4.78. The zero-order valence-electron chi connectivity index (χ0n) is 12.8. The molecule has 0 unspecified atom stereocenters. The SMILES string of the molecule is O=C(CSCc1cc(-c2ccc(Cl)cc2)no1)N1CCCCC1. The van der Waals surface area contributed by atoms with Crippen molar-refractivity contribution in [3.05, 3.63) is 41.1 Å². The summed E-state index contributed by atoms with van der Waals surface area (Å²) in [7, 11) is 0. The van der Waals surface area contributed by atoms with Gasteiger partial charge in [0.2, 0.25) is 5.91 Å². The summed E-state index contributed by atoms with van der Waals surface area (Å²) in [6.45, 7) is 1.81. The quantitative estimate of drug-likeness (QED) is 0.809. The normalized spacial score (nSPS) is 14.9. The van der Waals surface area contributed by atoms with Gasteiger partial charge in [0.1, 0.15) is 11.5 Å². The number of amides is 1. The van der Waals surface area contributed by atoms with Crippen LogP contribution in [-0.2, 0) is 10.5 Å². The molecule has 1 saturated heterocycles. The molecule has 0 aliphatic carbocycles. The topological polar surface area (TPSA) is 46.3 Å². The molecule has 1 aliphatic heterocycles. The van der Waals surface area contributed by atoms with Crippen molar-refractivity contribution in [3.63, 3.8) is 0 Å². The van der Waals surface area contributed by atoms with E-state index in [0.29, 0.717) is 16.5 Å². The number of piperidine rings is 1. The smallest absolute Gasteiger partial charge is 0.232 e. The molecule has 0 atom stereocenters. The average Bonchev–Trinajstić information content (AvgIpc) is 3.05. The maximum Gasteiger partial charge on any atom is 0.232 e. The first kappa shape index (κ1) is 16.4. The second-order valence-corrected chi connectivity index (χ2v) is 7.04. The van der Waals surface area contributed by atoms with Crippen molar-refractivity contribution in [3.8, 4) is 11.3 Å². The van der Waals surface area contributed by atoms with Crippen molar-refractivity contribution in [2.45, 2.75) is 25.0 Å². The van der Waals surface area contributed by atoms with E-state index in [4.69, 9.17) is 16.1 Å². The second-order valence-electron chi connectivity index (χ2n) is 5.62. The lowest BCUT2D eigenvalue weighted by Crippen LogP contribution is -2.36. The maximum atomic E-state index is 12.1. The maximum absolute atomic E-state index is 12.1. The van der Waals surface area contributed by atoms with Gasteiger partial charge in [-0.1, -0.05) is 28.9 Å². The molecule has 0 spiro atoms. The Labute approximate surface area is 145 Å². The Kier molecular flexibility index (Phi) is 5.62. The van der Waals surface area contributed by atoms with Gasteiger partial charge in [0, 0.05) is 29.7 Å². The molecule has 2 heterocycles. The molecular weight excluding hydrogens is 332 g/mol. The number of nitrogens with zero attached hydrogens (tertiary/aromatic N) is 2. The Hall–Kier alpha value is -1.46. The molecule has 0 radical (unpaired) electrons. The van der Waals surface area contributed by atoms with Gasteiger partial charge in [0.15, 0.2) is 0 Å². The van der Waals surface area contributed by atoms with E-state index < -0.39 is 0 Å². The number of aromatic nitrogens is 1. The standard InChI is InChI=1S/C17H19ClN2O2S/c18-14-6-4-13(5-7-14)16-10-15(22-19-16)11-23-12-17(21)20-8-2-1-3-9-20/h4-7,10H,1-3,8-9,11-12H2. The fraction of sp³-hybridized carbons (Fsp3) is 0.412. The molecule has 1 aromatic heterocycles. The van der Waals surface area contributed by atoms with Crippen LogP contribution in [0, 0.1) is 0 Å². The molecule has 1 aromatic carbocycles. The number of likely N-dealkylation sites (tertiary alicyclic amines) is 1. The van der Waals surface area contributed by atoms with Crippen LogP contribution in [0.3, 0.4) is 0 Å². The number of carbonyl (C=O) groups is 1. The van der Waals surface area contributed by atoms with E-state index >= 15 is 0 Å². The summed E-state index contributed by atoms with van der Waals surface area (Å²) < 4.78 is 5.35. The van der Waals surface area contributed by atoms with E-state index in [-0.39, 0.29) is 5.91 Å². The van der Waals surface area contributed by atoms with Crippen LogP contribution in [0.15, 0.2) is 34.9 Å². The van der Waals surface area contributed by atoms with Crippen LogP contribution >= 0.6 is 23.4 Å². The third-order valence-electron chi connectivity index (χ3n) is 3.88. The predicted octanol–water partition coefficient (Wildman–Crippen LogP) is 4.24. The highest BCUT2D eigenvalue weighted by atomic mass is 35.5. The molecule has 122 valence electrons. The van der Waals surface area contributed by atoms with Gasteiger partial charge in [-0.25, -0.2) is 0 Å². The summed E-state index contributed by atoms with van der Waals surface area (Å²) in [6, 6.07) is 9.41. The minimum atomic E-state index is 0.229. The number of halogens is 1. The number of hydrogen-bond donors (Lipinski definition) is 0.